The number of ether oxygens (including phenoxy) is 8. The van der Waals surface area contributed by atoms with Crippen molar-refractivity contribution in [2.45, 2.75) is 223 Å². The Bertz CT molecular complexity index is 3670. The summed E-state index contributed by atoms with van der Waals surface area (Å²) >= 11 is 0. The van der Waals surface area contributed by atoms with Gasteiger partial charge in [0.1, 0.15) is 84.3 Å². The number of Topliss-reactive ketones (excluding diaryl/α,β-unsaturated/α-hetero) is 1. The van der Waals surface area contributed by atoms with Crippen LogP contribution < -0.4 is 48.9 Å². The minimum Gasteiger partial charge on any atom is -0.507 e. The van der Waals surface area contributed by atoms with Crippen LogP contribution in [0.1, 0.15) is 104 Å². The van der Waals surface area contributed by atoms with E-state index in [2.05, 4.69) is 41.3 Å². The van der Waals surface area contributed by atoms with E-state index in [-0.39, 0.29) is 76.1 Å². The molecule has 1 amide bonds. The number of phenolic OH excluding ortho intramolecular Hbond substituents is 3. The molecule has 1 aliphatic carbocycles. The first kappa shape index (κ1) is 94.3. The molecule has 0 radical (unpaired) electrons. The number of nitrogens with two attached hydrogens (primary N) is 4. The Morgan fingerprint density at radius 2 is 1.35 bits per heavy atom. The highest BCUT2D eigenvalue weighted by atomic mass is 16.8. The minimum absolute atomic E-state index is 0.0559. The number of ketones is 1. The van der Waals surface area contributed by atoms with E-state index in [9.17, 15) is 80.5 Å². The van der Waals surface area contributed by atoms with E-state index >= 15 is 0 Å². The standard InChI is InChI=1S/C43H58N4O12.C21H39N7O12.C10H24N2O2/c1-21-12-11-13-22(2)42(55)45-33-28(20-44-47-17-15-46(9)16-18-47)37(52)30-31(38(33)53)36(51)26(6)40-32(30)41(54)43(8,59-40)57-19-14-29(56-10)23(3)39(58-27(7)48)25(5)35(50)24(4)34(21)49;1-5-21(36,4-30)16(40-17-9(26-2)13(34)10(31)6(3-29)38-17)18(37-5)39-15-8(28-20(24)25)11(32)7(27-19(22)23)12(33)14(15)35;1-3-9(7-13)11-5-6-12-10(4-2)8-14/h11-14,19-21,23-25,29,34-35,39,49-53H,15-18H2,1-10H3,(H,45,55);4-18,26,29,31-36H,3H2,1-2H3,(H4,22,23,27)(H4,24,25,28);9-14H,3-8H2,1-2H3/b12-11+,19-14+,22-13-,44-20+;;/t21-,23+,24+,25+,29-,34-,35+,39+,43-;5-,6-,7+,8-,9-,10-,11+,12-,13-,14+,15+,16-,17-,18-,21+;9-,10-/m000/s1. The van der Waals surface area contributed by atoms with Crippen LogP contribution in [-0.2, 0) is 47.5 Å². The van der Waals surface area contributed by atoms with Crippen molar-refractivity contribution in [2.75, 3.05) is 85.6 Å². The summed E-state index contributed by atoms with van der Waals surface area (Å²) in [5.41, 5.74) is 19.0. The summed E-state index contributed by atoms with van der Waals surface area (Å²) < 4.78 is 46.5. The molecule has 6 heterocycles. The molecule has 113 heavy (non-hydrogen) atoms. The topological polar surface area (TPSA) is 621 Å². The third kappa shape index (κ3) is 21.9. The molecule has 0 aromatic heterocycles. The molecule has 5 bridgehead atoms. The SMILES string of the molecule is CC[C@@H](CO)NCCN[C@@H](CC)CO.CN[C@@H]1[C@H](O[C@H]2[C@H](O[C@H]3[C@H](O)[C@@H](O)[C@H](N=C(N)N)[C@@H](O)[C@@H]3N=C(N)N)O[C@@H](C)[C@]2(O)C=O)O[C@@H](CO)[C@H](O)[C@H]1O.CO[C@H]1/C=C/O[C@@]2(C)Oc3c(C)c(O)c4c(O)c(c(/C=N/N5CCN(C)CC5)c(O)c4c3C2=O)NC(=O)/C(C)=C\C=C\[C@H](C)[C@H](O)[C@@H](C)[C@@H](O)[C@@H](C)[C@H](OC(C)=O)[C@@H]1C. The number of hydrogen-bond acceptors (Lipinski definition) is 34. The van der Waals surface area contributed by atoms with Gasteiger partial charge in [0.15, 0.2) is 42.1 Å². The molecule has 2 aromatic carbocycles. The Hall–Kier alpha value is -7.59. The summed E-state index contributed by atoms with van der Waals surface area (Å²) in [5.74, 6) is -9.38. The number of nitrogens with zero attached hydrogens (tertiary/aromatic N) is 5. The van der Waals surface area contributed by atoms with Crippen LogP contribution in [0.3, 0.4) is 0 Å². The predicted octanol–water partition coefficient (Wildman–Crippen LogP) is -4.12. The molecular weight excluding hydrogens is 1490 g/mol. The van der Waals surface area contributed by atoms with E-state index in [0.717, 1.165) is 39.0 Å². The first-order valence-electron chi connectivity index (χ1n) is 37.6. The summed E-state index contributed by atoms with van der Waals surface area (Å²) in [4.78, 5) is 62.3. The second kappa shape index (κ2) is 41.8. The maximum atomic E-state index is 14.4. The van der Waals surface area contributed by atoms with Gasteiger partial charge >= 0.3 is 11.8 Å². The number of guanidine groups is 2. The molecule has 26 atom stereocenters. The van der Waals surface area contributed by atoms with Gasteiger partial charge in [0.25, 0.3) is 11.7 Å². The number of hydrazone groups is 1. The molecule has 2 aromatic rings. The van der Waals surface area contributed by atoms with Crippen LogP contribution in [0.15, 0.2) is 51.2 Å². The first-order valence-corrected chi connectivity index (χ1v) is 37.6. The third-order valence-electron chi connectivity index (χ3n) is 21.6. The molecule has 39 nitrogen and oxygen atoms in total. The number of aromatic hydroxyl groups is 3. The number of amides is 1. The Labute approximate surface area is 656 Å². The van der Waals surface area contributed by atoms with Gasteiger partial charge in [-0.3, -0.25) is 24.2 Å². The van der Waals surface area contributed by atoms with E-state index in [4.69, 9.17) is 71.0 Å². The van der Waals surface area contributed by atoms with Crippen molar-refractivity contribution in [3.05, 3.63) is 52.8 Å². The van der Waals surface area contributed by atoms with Crippen LogP contribution in [0.4, 0.5) is 5.69 Å². The number of phenols is 3. The molecule has 1 saturated carbocycles. The number of carbonyl (C=O) groups is 4. The number of rotatable bonds is 22. The number of carbonyl (C=O) groups excluding carboxylic acids is 4. The fraction of sp³-hybridized carbons (Fsp3) is 0.689. The predicted molar refractivity (Wildman–Crippen MR) is 412 cm³/mol. The molecule has 39 heteroatoms. The number of aliphatic hydroxyl groups is 11. The molecule has 4 fully saturated rings. The highest BCUT2D eigenvalue weighted by molar-refractivity contribution is 6.24. The number of likely N-dealkylation sites (N-methyl/N-ethyl adjacent to an activating group) is 2. The summed E-state index contributed by atoms with van der Waals surface area (Å²) in [6.45, 7) is 21.8. The first-order chi connectivity index (χ1) is 53.2. The number of fused-ring (bicyclic) bond motifs is 14. The van der Waals surface area contributed by atoms with Gasteiger partial charge < -0.3 is 158 Å². The second-order valence-electron chi connectivity index (χ2n) is 29.5. The molecular formula is C74H121N13O26. The second-order valence-corrected chi connectivity index (χ2v) is 29.5. The lowest BCUT2D eigenvalue weighted by molar-refractivity contribution is -0.314. The van der Waals surface area contributed by atoms with Gasteiger partial charge in [-0.05, 0) is 53.8 Å². The molecule has 26 N–H and O–H groups in total. The molecule has 0 spiro atoms. The average molecular weight is 1610 g/mol. The average Bonchev–Trinajstić information content (AvgIpc) is 1.60. The Morgan fingerprint density at radius 1 is 0.752 bits per heavy atom. The lowest BCUT2D eigenvalue weighted by Gasteiger charge is -2.45. The van der Waals surface area contributed by atoms with Gasteiger partial charge in [-0.2, -0.15) is 5.10 Å². The smallest absolute Gasteiger partial charge is 0.312 e. The number of allylic oxidation sites excluding steroid dienone is 2. The molecule has 6 aliphatic heterocycles. The van der Waals surface area contributed by atoms with Gasteiger partial charge in [-0.25, -0.2) is 9.98 Å². The summed E-state index contributed by atoms with van der Waals surface area (Å²) in [6.07, 6.45) is -10.6. The number of benzene rings is 2. The van der Waals surface area contributed by atoms with Crippen molar-refractivity contribution >= 4 is 58.5 Å². The number of hydrogen-bond donors (Lipinski definition) is 22. The normalized spacial score (nSPS) is 35.4. The monoisotopic (exact) mass is 1610 g/mol. The van der Waals surface area contributed by atoms with Crippen LogP contribution in [0.2, 0.25) is 0 Å². The number of nitrogens with one attached hydrogen (secondary N) is 4. The maximum Gasteiger partial charge on any atom is 0.312 e. The zero-order valence-corrected chi connectivity index (χ0v) is 66.4. The van der Waals surface area contributed by atoms with Gasteiger partial charge in [0.05, 0.1) is 85.0 Å². The minimum atomic E-state index is -2.38. The van der Waals surface area contributed by atoms with E-state index in [1.54, 1.807) is 44.9 Å². The quantitative estimate of drug-likeness (QED) is 0.0101. The van der Waals surface area contributed by atoms with Crippen LogP contribution in [0.5, 0.6) is 23.0 Å². The zero-order valence-electron chi connectivity index (χ0n) is 66.4. The lowest BCUT2D eigenvalue weighted by Crippen LogP contribution is -2.66. The summed E-state index contributed by atoms with van der Waals surface area (Å²) in [5, 5.41) is 168. The van der Waals surface area contributed by atoms with Crippen molar-refractivity contribution in [2.24, 2.45) is 61.7 Å². The van der Waals surface area contributed by atoms with Crippen LogP contribution in [-0.4, -0.2) is 337 Å². The Balaban J connectivity index is 0.000000316. The molecule has 638 valence electrons. The molecule has 3 saturated heterocycles. The third-order valence-corrected chi connectivity index (χ3v) is 21.6. The van der Waals surface area contributed by atoms with E-state index in [1.165, 1.54) is 73.4 Å². The van der Waals surface area contributed by atoms with Crippen molar-refractivity contribution in [3.8, 4) is 23.0 Å². The number of aldehydes is 1. The maximum absolute atomic E-state index is 14.4. The number of methoxy groups -OCH3 is 1. The van der Waals surface area contributed by atoms with Gasteiger partial charge in [0, 0.05) is 113 Å². The van der Waals surface area contributed by atoms with Gasteiger partial charge in [-0.15, -0.1) is 0 Å². The lowest BCUT2D eigenvalue weighted by atomic mass is 9.78. The number of esters is 1. The number of aliphatic hydroxyl groups excluding tert-OH is 10. The fourth-order valence-electron chi connectivity index (χ4n) is 14.2. The van der Waals surface area contributed by atoms with Crippen molar-refractivity contribution in [1.82, 2.24) is 25.9 Å². The largest absolute Gasteiger partial charge is 0.507 e. The van der Waals surface area contributed by atoms with Crippen molar-refractivity contribution in [3.63, 3.8) is 0 Å². The van der Waals surface area contributed by atoms with Crippen molar-refractivity contribution in [1.29, 1.82) is 0 Å². The van der Waals surface area contributed by atoms with E-state index in [0.29, 0.717) is 13.1 Å². The molecule has 7 aliphatic rings. The molecule has 0 unspecified atom stereocenters. The van der Waals surface area contributed by atoms with Gasteiger partial charge in [0.2, 0.25) is 0 Å². The fourth-order valence-corrected chi connectivity index (χ4v) is 14.2. The van der Waals surface area contributed by atoms with Crippen LogP contribution in [0, 0.1) is 30.6 Å². The number of anilines is 1. The summed E-state index contributed by atoms with van der Waals surface area (Å²) in [7, 11) is 4.84. The number of aliphatic imine (C=N–C) groups is 2. The van der Waals surface area contributed by atoms with Crippen LogP contribution in [0.25, 0.3) is 10.8 Å². The highest BCUT2D eigenvalue weighted by Crippen LogP contribution is 2.55. The highest BCUT2D eigenvalue weighted by Gasteiger charge is 2.61. The Morgan fingerprint density at radius 3 is 1.89 bits per heavy atom. The Kier molecular flexibility index (Phi) is 34.9. The van der Waals surface area contributed by atoms with Crippen LogP contribution >= 0.6 is 0 Å². The van der Waals surface area contributed by atoms with E-state index < -0.39 is 199 Å². The van der Waals surface area contributed by atoms with E-state index in [1.807, 2.05) is 20.9 Å². The number of piperazine rings is 1. The van der Waals surface area contributed by atoms with Gasteiger partial charge in [-0.1, -0.05) is 59.8 Å². The molecule has 9 rings (SSSR count). The summed E-state index contributed by atoms with van der Waals surface area (Å²) in [6, 6.07) is -3.68. The zero-order chi connectivity index (χ0) is 84.6. The van der Waals surface area contributed by atoms with Crippen molar-refractivity contribution < 1.29 is 129 Å².